The van der Waals surface area contributed by atoms with Crippen LogP contribution in [0.4, 0.5) is 17.1 Å². The number of amides is 2. The Labute approximate surface area is 190 Å². The van der Waals surface area contributed by atoms with Gasteiger partial charge < -0.3 is 10.2 Å². The number of hydrogen-bond acceptors (Lipinski definition) is 4. The standard InChI is InChI=1S/C24H31N3O4S/c1-5-23(28)25-19-8-10-22(17(4)14-19)32(30,31)26-20-7-9-21-18(15-20)6-11-24(29)27(21)13-12-16(2)3/h7-10,14-16,26H,5-6,11-13H2,1-4H3,(H,25,28). The molecule has 32 heavy (non-hydrogen) atoms. The number of rotatable bonds is 8. The minimum absolute atomic E-state index is 0.109. The average molecular weight is 458 g/mol. The summed E-state index contributed by atoms with van der Waals surface area (Å²) in [5.41, 5.74) is 3.38. The fourth-order valence-corrected chi connectivity index (χ4v) is 5.02. The van der Waals surface area contributed by atoms with Crippen molar-refractivity contribution in [2.75, 3.05) is 21.5 Å². The summed E-state index contributed by atoms with van der Waals surface area (Å²) in [6, 6.07) is 10.1. The Morgan fingerprint density at radius 2 is 1.81 bits per heavy atom. The molecule has 8 heteroatoms. The molecule has 0 atom stereocenters. The number of carbonyl (C=O) groups excluding carboxylic acids is 2. The van der Waals surface area contributed by atoms with Crippen molar-refractivity contribution in [3.8, 4) is 0 Å². The van der Waals surface area contributed by atoms with Crippen LogP contribution in [0.3, 0.4) is 0 Å². The van der Waals surface area contributed by atoms with Gasteiger partial charge in [-0.3, -0.25) is 14.3 Å². The average Bonchev–Trinajstić information content (AvgIpc) is 2.72. The van der Waals surface area contributed by atoms with E-state index in [0.717, 1.165) is 17.7 Å². The highest BCUT2D eigenvalue weighted by atomic mass is 32.2. The number of carbonyl (C=O) groups is 2. The Bertz CT molecular complexity index is 1130. The molecule has 0 saturated carbocycles. The molecular weight excluding hydrogens is 426 g/mol. The fraction of sp³-hybridized carbons (Fsp3) is 0.417. The van der Waals surface area contributed by atoms with Crippen LogP contribution in [-0.2, 0) is 26.0 Å². The van der Waals surface area contributed by atoms with Crippen LogP contribution in [-0.4, -0.2) is 26.8 Å². The van der Waals surface area contributed by atoms with Crippen molar-refractivity contribution in [2.24, 2.45) is 5.92 Å². The minimum atomic E-state index is -3.81. The van der Waals surface area contributed by atoms with E-state index in [1.807, 2.05) is 17.0 Å². The minimum Gasteiger partial charge on any atom is -0.326 e. The van der Waals surface area contributed by atoms with E-state index in [1.165, 1.54) is 6.07 Å². The summed E-state index contributed by atoms with van der Waals surface area (Å²) < 4.78 is 28.7. The Morgan fingerprint density at radius 3 is 2.47 bits per heavy atom. The molecule has 1 aliphatic heterocycles. The molecule has 0 spiro atoms. The van der Waals surface area contributed by atoms with Crippen molar-refractivity contribution in [3.05, 3.63) is 47.5 Å². The van der Waals surface area contributed by atoms with Gasteiger partial charge in [0.2, 0.25) is 11.8 Å². The van der Waals surface area contributed by atoms with E-state index >= 15 is 0 Å². The van der Waals surface area contributed by atoms with Gasteiger partial charge in [-0.05, 0) is 73.2 Å². The first kappa shape index (κ1) is 23.8. The smallest absolute Gasteiger partial charge is 0.262 e. The van der Waals surface area contributed by atoms with Crippen LogP contribution in [0.2, 0.25) is 0 Å². The molecule has 1 heterocycles. The molecule has 2 aromatic carbocycles. The normalized spacial score (nSPS) is 13.8. The second-order valence-electron chi connectivity index (χ2n) is 8.56. The molecule has 2 amide bonds. The third kappa shape index (κ3) is 5.48. The topological polar surface area (TPSA) is 95.6 Å². The zero-order valence-corrected chi connectivity index (χ0v) is 19.9. The molecule has 0 radical (unpaired) electrons. The van der Waals surface area contributed by atoms with Crippen LogP contribution in [0.1, 0.15) is 51.2 Å². The monoisotopic (exact) mass is 457 g/mol. The van der Waals surface area contributed by atoms with Gasteiger partial charge in [0.25, 0.3) is 10.0 Å². The number of benzene rings is 2. The molecule has 1 aliphatic rings. The molecule has 7 nitrogen and oxygen atoms in total. The van der Waals surface area contributed by atoms with Crippen molar-refractivity contribution in [3.63, 3.8) is 0 Å². The van der Waals surface area contributed by atoms with Crippen molar-refractivity contribution in [1.82, 2.24) is 0 Å². The molecule has 2 aromatic rings. The Morgan fingerprint density at radius 1 is 1.09 bits per heavy atom. The lowest BCUT2D eigenvalue weighted by atomic mass is 9.99. The maximum absolute atomic E-state index is 13.0. The molecular formula is C24H31N3O4S. The van der Waals surface area contributed by atoms with Crippen molar-refractivity contribution < 1.29 is 18.0 Å². The lowest BCUT2D eigenvalue weighted by Crippen LogP contribution is -2.36. The second kappa shape index (κ2) is 9.73. The summed E-state index contributed by atoms with van der Waals surface area (Å²) in [4.78, 5) is 26.0. The predicted molar refractivity (Wildman–Crippen MR) is 127 cm³/mol. The summed E-state index contributed by atoms with van der Waals surface area (Å²) in [6.45, 7) is 8.36. The van der Waals surface area contributed by atoms with E-state index in [-0.39, 0.29) is 16.7 Å². The number of hydrogen-bond donors (Lipinski definition) is 2. The lowest BCUT2D eigenvalue weighted by Gasteiger charge is -2.30. The number of fused-ring (bicyclic) bond motifs is 1. The van der Waals surface area contributed by atoms with Gasteiger partial charge in [-0.15, -0.1) is 0 Å². The molecule has 0 bridgehead atoms. The zero-order chi connectivity index (χ0) is 23.5. The van der Waals surface area contributed by atoms with Crippen LogP contribution < -0.4 is 14.9 Å². The van der Waals surface area contributed by atoms with E-state index in [4.69, 9.17) is 0 Å². The van der Waals surface area contributed by atoms with Crippen molar-refractivity contribution >= 4 is 38.9 Å². The molecule has 0 aromatic heterocycles. The lowest BCUT2D eigenvalue weighted by molar-refractivity contribution is -0.119. The Balaban J connectivity index is 1.81. The fourth-order valence-electron chi connectivity index (χ4n) is 3.74. The number of aryl methyl sites for hydroxylation is 2. The first-order valence-corrected chi connectivity index (χ1v) is 12.5. The predicted octanol–water partition coefficient (Wildman–Crippen LogP) is 4.47. The molecule has 0 fully saturated rings. The molecule has 0 saturated heterocycles. The summed E-state index contributed by atoms with van der Waals surface area (Å²) in [7, 11) is -3.81. The van der Waals surface area contributed by atoms with Crippen molar-refractivity contribution in [2.45, 2.75) is 58.3 Å². The Kier molecular flexibility index (Phi) is 7.23. The highest BCUT2D eigenvalue weighted by Crippen LogP contribution is 2.32. The highest BCUT2D eigenvalue weighted by Gasteiger charge is 2.25. The van der Waals surface area contributed by atoms with Gasteiger partial charge in [-0.25, -0.2) is 8.42 Å². The van der Waals surface area contributed by atoms with E-state index in [2.05, 4.69) is 23.9 Å². The van der Waals surface area contributed by atoms with Gasteiger partial charge in [0.05, 0.1) is 4.90 Å². The van der Waals surface area contributed by atoms with Crippen LogP contribution in [0, 0.1) is 12.8 Å². The zero-order valence-electron chi connectivity index (χ0n) is 19.1. The van der Waals surface area contributed by atoms with E-state index in [1.54, 1.807) is 32.0 Å². The second-order valence-corrected chi connectivity index (χ2v) is 10.2. The molecule has 3 rings (SSSR count). The number of nitrogens with zero attached hydrogens (tertiary/aromatic N) is 1. The van der Waals surface area contributed by atoms with Crippen LogP contribution in [0.5, 0.6) is 0 Å². The van der Waals surface area contributed by atoms with Gasteiger partial charge in [0, 0.05) is 36.4 Å². The van der Waals surface area contributed by atoms with E-state index < -0.39 is 10.0 Å². The van der Waals surface area contributed by atoms with Gasteiger partial charge >= 0.3 is 0 Å². The van der Waals surface area contributed by atoms with Crippen LogP contribution in [0.15, 0.2) is 41.3 Å². The first-order valence-electron chi connectivity index (χ1n) is 11.0. The molecule has 2 N–H and O–H groups in total. The number of anilines is 3. The molecule has 0 unspecified atom stereocenters. The van der Waals surface area contributed by atoms with Gasteiger partial charge in [-0.2, -0.15) is 0 Å². The van der Waals surface area contributed by atoms with Crippen LogP contribution in [0.25, 0.3) is 0 Å². The van der Waals surface area contributed by atoms with E-state index in [9.17, 15) is 18.0 Å². The SMILES string of the molecule is CCC(=O)Nc1ccc(S(=O)(=O)Nc2ccc3c(c2)CCC(=O)N3CCC(C)C)c(C)c1. The third-order valence-corrected chi connectivity index (χ3v) is 7.07. The summed E-state index contributed by atoms with van der Waals surface area (Å²) >= 11 is 0. The summed E-state index contributed by atoms with van der Waals surface area (Å²) in [5.74, 6) is 0.467. The summed E-state index contributed by atoms with van der Waals surface area (Å²) in [6.07, 6.45) is 2.27. The van der Waals surface area contributed by atoms with Gasteiger partial charge in [-0.1, -0.05) is 20.8 Å². The largest absolute Gasteiger partial charge is 0.326 e. The highest BCUT2D eigenvalue weighted by molar-refractivity contribution is 7.92. The quantitative estimate of drug-likeness (QED) is 0.611. The van der Waals surface area contributed by atoms with Gasteiger partial charge in [0.1, 0.15) is 0 Å². The van der Waals surface area contributed by atoms with Crippen molar-refractivity contribution in [1.29, 1.82) is 0 Å². The molecule has 0 aliphatic carbocycles. The maximum atomic E-state index is 13.0. The van der Waals surface area contributed by atoms with Crippen LogP contribution >= 0.6 is 0 Å². The molecule has 172 valence electrons. The number of nitrogens with one attached hydrogen (secondary N) is 2. The Hall–Kier alpha value is -2.87. The van der Waals surface area contributed by atoms with Gasteiger partial charge in [0.15, 0.2) is 0 Å². The first-order chi connectivity index (χ1) is 15.1. The maximum Gasteiger partial charge on any atom is 0.262 e. The third-order valence-electron chi connectivity index (χ3n) is 5.53. The number of sulfonamides is 1. The van der Waals surface area contributed by atoms with E-state index in [0.29, 0.717) is 48.7 Å². The summed E-state index contributed by atoms with van der Waals surface area (Å²) in [5, 5.41) is 2.73.